The van der Waals surface area contributed by atoms with Gasteiger partial charge in [-0.15, -0.1) is 0 Å². The summed E-state index contributed by atoms with van der Waals surface area (Å²) >= 11 is 0. The van der Waals surface area contributed by atoms with Crippen LogP contribution in [0.15, 0.2) is 118 Å². The van der Waals surface area contributed by atoms with E-state index in [1.807, 2.05) is 6.08 Å². The molecule has 0 bridgehead atoms. The molecule has 0 aromatic rings. The van der Waals surface area contributed by atoms with E-state index in [4.69, 9.17) is 0 Å². The monoisotopic (exact) mass is 570 g/mol. The van der Waals surface area contributed by atoms with Crippen LogP contribution < -0.4 is 0 Å². The van der Waals surface area contributed by atoms with Crippen LogP contribution in [-0.2, 0) is 0 Å². The lowest BCUT2D eigenvalue weighted by Gasteiger charge is -2.40. The molecule has 3 atom stereocenters. The Morgan fingerprint density at radius 1 is 0.786 bits per heavy atom. The van der Waals surface area contributed by atoms with Gasteiger partial charge in [0.1, 0.15) is 0 Å². The van der Waals surface area contributed by atoms with Crippen molar-refractivity contribution in [1.82, 2.24) is 0 Å². The Morgan fingerprint density at radius 3 is 1.90 bits per heavy atom. The van der Waals surface area contributed by atoms with Gasteiger partial charge in [0.2, 0.25) is 0 Å². The molecular formula is C40H58O2. The predicted octanol–water partition coefficient (Wildman–Crippen LogP) is 10.6. The lowest BCUT2D eigenvalue weighted by atomic mass is 9.66. The third-order valence-corrected chi connectivity index (χ3v) is 8.79. The van der Waals surface area contributed by atoms with Gasteiger partial charge < -0.3 is 10.2 Å². The van der Waals surface area contributed by atoms with Gasteiger partial charge in [0.25, 0.3) is 0 Å². The molecular weight excluding hydrogens is 512 g/mol. The van der Waals surface area contributed by atoms with Gasteiger partial charge in [-0.2, -0.15) is 0 Å². The molecule has 2 N–H and O–H groups in total. The molecule has 2 aliphatic rings. The minimum Gasteiger partial charge on any atom is -0.393 e. The molecule has 0 radical (unpaired) electrons. The summed E-state index contributed by atoms with van der Waals surface area (Å²) in [6.45, 7) is 21.9. The van der Waals surface area contributed by atoms with Crippen LogP contribution in [0, 0.1) is 16.7 Å². The summed E-state index contributed by atoms with van der Waals surface area (Å²) in [4.78, 5) is 0. The largest absolute Gasteiger partial charge is 0.393 e. The van der Waals surface area contributed by atoms with E-state index in [-0.39, 0.29) is 23.0 Å². The van der Waals surface area contributed by atoms with Crippen LogP contribution in [0.5, 0.6) is 0 Å². The van der Waals surface area contributed by atoms with Gasteiger partial charge in [-0.25, -0.2) is 0 Å². The summed E-state index contributed by atoms with van der Waals surface area (Å²) in [7, 11) is 0. The maximum Gasteiger partial charge on any atom is 0.0728 e. The molecule has 0 aromatic carbocycles. The highest BCUT2D eigenvalue weighted by molar-refractivity contribution is 5.38. The van der Waals surface area contributed by atoms with E-state index in [1.165, 1.54) is 39.0 Å². The predicted molar refractivity (Wildman–Crippen MR) is 184 cm³/mol. The van der Waals surface area contributed by atoms with Gasteiger partial charge in [-0.3, -0.25) is 0 Å². The summed E-state index contributed by atoms with van der Waals surface area (Å²) < 4.78 is 0. The second-order valence-electron chi connectivity index (χ2n) is 14.1. The average Bonchev–Trinajstić information content (AvgIpc) is 2.84. The van der Waals surface area contributed by atoms with E-state index in [0.717, 1.165) is 32.1 Å². The lowest BCUT2D eigenvalue weighted by Crippen LogP contribution is -2.33. The molecule has 2 heteroatoms. The first-order valence-corrected chi connectivity index (χ1v) is 15.7. The van der Waals surface area contributed by atoms with Crippen LogP contribution in [0.4, 0.5) is 0 Å². The zero-order valence-electron chi connectivity index (χ0n) is 28.2. The van der Waals surface area contributed by atoms with Gasteiger partial charge in [0.05, 0.1) is 12.2 Å². The van der Waals surface area contributed by atoms with Crippen LogP contribution in [0.3, 0.4) is 0 Å². The molecule has 2 nitrogen and oxygen atoms in total. The van der Waals surface area contributed by atoms with E-state index < -0.39 is 0 Å². The molecule has 0 saturated heterocycles. The highest BCUT2D eigenvalue weighted by Crippen LogP contribution is 2.44. The van der Waals surface area contributed by atoms with E-state index in [0.29, 0.717) is 5.92 Å². The molecule has 0 aromatic heterocycles. The highest BCUT2D eigenvalue weighted by atomic mass is 16.3. The van der Waals surface area contributed by atoms with Crippen LogP contribution in [0.2, 0.25) is 0 Å². The van der Waals surface area contributed by atoms with Gasteiger partial charge >= 0.3 is 0 Å². The van der Waals surface area contributed by atoms with E-state index in [2.05, 4.69) is 142 Å². The fraction of sp³-hybridized carbons (Fsp3) is 0.500. The third-order valence-electron chi connectivity index (χ3n) is 8.79. The topological polar surface area (TPSA) is 40.5 Å². The van der Waals surface area contributed by atoms with Crippen molar-refractivity contribution in [1.29, 1.82) is 0 Å². The molecule has 0 unspecified atom stereocenters. The number of allylic oxidation sites excluding steroid dienone is 18. The average molecular weight is 571 g/mol. The Labute approximate surface area is 258 Å². The molecule has 2 rings (SSSR count). The van der Waals surface area contributed by atoms with Gasteiger partial charge in [-0.05, 0) is 96.0 Å². The van der Waals surface area contributed by atoms with E-state index in [9.17, 15) is 10.2 Å². The number of aliphatic hydroxyl groups excluding tert-OH is 2. The Hall–Kier alpha value is -2.68. The Balaban J connectivity index is 1.85. The van der Waals surface area contributed by atoms with Crippen molar-refractivity contribution in [3.05, 3.63) is 118 Å². The number of rotatable bonds is 11. The van der Waals surface area contributed by atoms with E-state index >= 15 is 0 Å². The standard InChI is InChI=1S/C40H58O2/c1-29(17-13-19-31(3)21-23-37-33(5)25-35(41)27-39(37,7)8)15-11-12-16-30(2)18-14-20-32(4)22-24-38-34(6)26-36(42)28-40(38,9)10/h11-21,23,26,35-36,38,41-42H,22,24-25,27-28H2,1-10H3/b12-11+,17-13+,18-14+,23-21+,29-15+,30-16+,31-19+,32-20+/t35-,36+,38+/m1/s1. The molecule has 0 fully saturated rings. The molecule has 0 aliphatic heterocycles. The highest BCUT2D eigenvalue weighted by Gasteiger charge is 2.35. The van der Waals surface area contributed by atoms with Crippen LogP contribution >= 0.6 is 0 Å². The van der Waals surface area contributed by atoms with Crippen LogP contribution in [0.25, 0.3) is 0 Å². The molecule has 0 saturated carbocycles. The van der Waals surface area contributed by atoms with Crippen LogP contribution in [0.1, 0.15) is 101 Å². The van der Waals surface area contributed by atoms with Crippen molar-refractivity contribution in [2.45, 2.75) is 114 Å². The molecule has 230 valence electrons. The Bertz CT molecular complexity index is 1230. The van der Waals surface area contributed by atoms with Crippen molar-refractivity contribution in [3.63, 3.8) is 0 Å². The van der Waals surface area contributed by atoms with Crippen molar-refractivity contribution in [2.75, 3.05) is 0 Å². The second kappa shape index (κ2) is 16.2. The number of hydrogen-bond acceptors (Lipinski definition) is 2. The Kier molecular flexibility index (Phi) is 13.7. The lowest BCUT2D eigenvalue weighted by molar-refractivity contribution is 0.0983. The second-order valence-corrected chi connectivity index (χ2v) is 14.1. The molecule has 0 amide bonds. The van der Waals surface area contributed by atoms with Gasteiger partial charge in [0, 0.05) is 0 Å². The SMILES string of the molecule is CC1=C[C@H](O)CC(C)(C)[C@H]1CC/C(C)=C/C=C/C(C)=C/C=C/C=C(C)/C=C/C=C(C)/C=C/C1=C(C)C[C@@H](O)CC1(C)C. The van der Waals surface area contributed by atoms with Crippen molar-refractivity contribution in [2.24, 2.45) is 16.7 Å². The maximum absolute atomic E-state index is 10.1. The third kappa shape index (κ3) is 11.9. The maximum atomic E-state index is 10.1. The smallest absolute Gasteiger partial charge is 0.0728 e. The first-order chi connectivity index (χ1) is 19.6. The minimum atomic E-state index is -0.297. The fourth-order valence-electron chi connectivity index (χ4n) is 6.54. The summed E-state index contributed by atoms with van der Waals surface area (Å²) in [5.74, 6) is 0.529. The Morgan fingerprint density at radius 2 is 1.33 bits per heavy atom. The quantitative estimate of drug-likeness (QED) is 0.192. The molecule has 2 aliphatic carbocycles. The van der Waals surface area contributed by atoms with E-state index in [1.54, 1.807) is 0 Å². The minimum absolute atomic E-state index is 0.00791. The zero-order chi connectivity index (χ0) is 31.5. The first kappa shape index (κ1) is 35.5. The zero-order valence-corrected chi connectivity index (χ0v) is 28.2. The van der Waals surface area contributed by atoms with Crippen molar-refractivity contribution >= 4 is 0 Å². The molecule has 0 heterocycles. The summed E-state index contributed by atoms with van der Waals surface area (Å²) in [5.41, 5.74) is 9.13. The summed E-state index contributed by atoms with van der Waals surface area (Å²) in [6, 6.07) is 0. The fourth-order valence-corrected chi connectivity index (χ4v) is 6.54. The van der Waals surface area contributed by atoms with Gasteiger partial charge in [-0.1, -0.05) is 140 Å². The summed E-state index contributed by atoms with van der Waals surface area (Å²) in [6.07, 6.45) is 31.9. The summed E-state index contributed by atoms with van der Waals surface area (Å²) in [5, 5.41) is 20.2. The van der Waals surface area contributed by atoms with Crippen LogP contribution in [-0.4, -0.2) is 22.4 Å². The number of aliphatic hydroxyl groups is 2. The number of hydrogen-bond donors (Lipinski definition) is 2. The van der Waals surface area contributed by atoms with Crippen molar-refractivity contribution in [3.8, 4) is 0 Å². The first-order valence-electron chi connectivity index (χ1n) is 15.7. The van der Waals surface area contributed by atoms with Gasteiger partial charge in [0.15, 0.2) is 0 Å². The molecule has 42 heavy (non-hydrogen) atoms. The normalized spacial score (nSPS) is 26.4. The van der Waals surface area contributed by atoms with Crippen molar-refractivity contribution < 1.29 is 10.2 Å². The molecule has 0 spiro atoms.